The summed E-state index contributed by atoms with van der Waals surface area (Å²) in [5.74, 6) is 0.927. The molecular formula is C27H36N6O4S2. The topological polar surface area (TPSA) is 101 Å². The second-order valence-corrected chi connectivity index (χ2v) is 13.8. The number of methoxy groups -OCH3 is 1. The Balaban J connectivity index is 1.35. The molecule has 3 saturated heterocycles. The molecule has 3 aromatic heterocycles. The predicted molar refractivity (Wildman–Crippen MR) is 153 cm³/mol. The van der Waals surface area contributed by atoms with Crippen LogP contribution >= 0.6 is 11.3 Å². The van der Waals surface area contributed by atoms with Crippen LogP contribution in [0.1, 0.15) is 30.4 Å². The summed E-state index contributed by atoms with van der Waals surface area (Å²) in [6, 6.07) is 2.44. The van der Waals surface area contributed by atoms with Gasteiger partial charge in [0.1, 0.15) is 0 Å². The third kappa shape index (κ3) is 5.90. The number of piperazine rings is 1. The third-order valence-corrected chi connectivity index (χ3v) is 9.72. The van der Waals surface area contributed by atoms with Gasteiger partial charge < -0.3 is 14.4 Å². The van der Waals surface area contributed by atoms with Crippen molar-refractivity contribution in [3.05, 3.63) is 28.8 Å². The van der Waals surface area contributed by atoms with Crippen LogP contribution in [0.5, 0.6) is 5.88 Å². The van der Waals surface area contributed by atoms with E-state index in [9.17, 15) is 8.42 Å². The van der Waals surface area contributed by atoms with Gasteiger partial charge in [-0.25, -0.2) is 23.4 Å². The van der Waals surface area contributed by atoms with Crippen LogP contribution in [0.15, 0.2) is 17.6 Å². The Bertz CT molecular complexity index is 1430. The lowest BCUT2D eigenvalue weighted by Crippen LogP contribution is -2.56. The molecular weight excluding hydrogens is 536 g/mol. The maximum absolute atomic E-state index is 12.1. The Morgan fingerprint density at radius 3 is 2.49 bits per heavy atom. The molecule has 0 saturated carbocycles. The number of thiophene rings is 1. The monoisotopic (exact) mass is 572 g/mol. The number of sulfone groups is 1. The fourth-order valence-corrected chi connectivity index (χ4v) is 7.44. The summed E-state index contributed by atoms with van der Waals surface area (Å²) in [5.41, 5.74) is 4.33. The number of ether oxygens (including phenoxy) is 2. The highest BCUT2D eigenvalue weighted by molar-refractivity contribution is 7.89. The molecule has 0 amide bonds. The van der Waals surface area contributed by atoms with E-state index in [1.165, 1.54) is 25.3 Å². The number of anilines is 1. The van der Waals surface area contributed by atoms with Crippen molar-refractivity contribution in [3.8, 4) is 17.1 Å². The maximum atomic E-state index is 12.1. The molecule has 3 aromatic rings. The van der Waals surface area contributed by atoms with Gasteiger partial charge in [0.05, 0.1) is 48.0 Å². The van der Waals surface area contributed by atoms with Gasteiger partial charge in [0.25, 0.3) is 0 Å². The van der Waals surface area contributed by atoms with Gasteiger partial charge >= 0.3 is 0 Å². The van der Waals surface area contributed by atoms with Gasteiger partial charge in [0.15, 0.2) is 9.84 Å². The number of aromatic nitrogens is 3. The van der Waals surface area contributed by atoms with Crippen LogP contribution in [0.25, 0.3) is 21.5 Å². The Morgan fingerprint density at radius 2 is 1.82 bits per heavy atom. The van der Waals surface area contributed by atoms with Crippen LogP contribution in [0.2, 0.25) is 0 Å². The van der Waals surface area contributed by atoms with Gasteiger partial charge in [0.2, 0.25) is 11.8 Å². The van der Waals surface area contributed by atoms with E-state index in [0.717, 1.165) is 99.3 Å². The lowest BCUT2D eigenvalue weighted by Gasteiger charge is -2.42. The second-order valence-electron chi connectivity index (χ2n) is 10.8. The third-order valence-electron chi connectivity index (χ3n) is 7.86. The van der Waals surface area contributed by atoms with Crippen molar-refractivity contribution in [2.45, 2.75) is 37.6 Å². The fraction of sp³-hybridized carbons (Fsp3) is 0.593. The minimum atomic E-state index is -3.27. The average Bonchev–Trinajstić information content (AvgIpc) is 3.30. The first-order chi connectivity index (χ1) is 18.9. The zero-order chi connectivity index (χ0) is 27.0. The van der Waals surface area contributed by atoms with E-state index in [0.29, 0.717) is 17.5 Å². The Hall–Kier alpha value is -2.38. The SMILES string of the molecule is COc1ncc(-c2nc(N3CCCCC3)nc3c(CN4CCN(C5COC5)CC4)csc23)cc1CS(C)(=O)=O. The average molecular weight is 573 g/mol. The summed E-state index contributed by atoms with van der Waals surface area (Å²) < 4.78 is 36.0. The summed E-state index contributed by atoms with van der Waals surface area (Å²) >= 11 is 1.65. The Kier molecular flexibility index (Phi) is 7.73. The molecule has 210 valence electrons. The smallest absolute Gasteiger partial charge is 0.226 e. The highest BCUT2D eigenvalue weighted by Crippen LogP contribution is 2.37. The number of fused-ring (bicyclic) bond motifs is 1. The van der Waals surface area contributed by atoms with Crippen LogP contribution in [0.3, 0.4) is 0 Å². The highest BCUT2D eigenvalue weighted by Gasteiger charge is 2.29. The minimum absolute atomic E-state index is 0.140. The molecule has 10 nitrogen and oxygen atoms in total. The van der Waals surface area contributed by atoms with Crippen LogP contribution in [0, 0.1) is 0 Å². The lowest BCUT2D eigenvalue weighted by atomic mass is 10.1. The van der Waals surface area contributed by atoms with E-state index >= 15 is 0 Å². The Morgan fingerprint density at radius 1 is 1.05 bits per heavy atom. The van der Waals surface area contributed by atoms with Crippen LogP contribution in [0.4, 0.5) is 5.95 Å². The summed E-state index contributed by atoms with van der Waals surface area (Å²) in [5, 5.41) is 2.21. The molecule has 0 unspecified atom stereocenters. The van der Waals surface area contributed by atoms with Crippen LogP contribution in [-0.4, -0.2) is 105 Å². The maximum Gasteiger partial charge on any atom is 0.226 e. The standard InChI is InChI=1S/C27H36N6O4S2/c1-36-26-20(18-39(2,34)35)12-19(13-28-26)23-25-24(30-27(29-23)33-6-4-3-5-7-33)21(17-38-25)14-31-8-10-32(11-9-31)22-15-37-16-22/h12-13,17,22H,3-11,14-16,18H2,1-2H3. The summed E-state index contributed by atoms with van der Waals surface area (Å²) in [6.07, 6.45) is 6.45. The molecule has 0 aliphatic carbocycles. The lowest BCUT2D eigenvalue weighted by molar-refractivity contribution is -0.0773. The van der Waals surface area contributed by atoms with E-state index in [4.69, 9.17) is 19.4 Å². The van der Waals surface area contributed by atoms with Crippen molar-refractivity contribution in [1.29, 1.82) is 0 Å². The number of hydrogen-bond donors (Lipinski definition) is 0. The van der Waals surface area contributed by atoms with Gasteiger partial charge in [-0.05, 0) is 30.7 Å². The van der Waals surface area contributed by atoms with E-state index in [2.05, 4.69) is 25.1 Å². The number of hydrogen-bond acceptors (Lipinski definition) is 11. The van der Waals surface area contributed by atoms with Gasteiger partial charge in [-0.15, -0.1) is 11.3 Å². The molecule has 3 aliphatic rings. The van der Waals surface area contributed by atoms with Crippen molar-refractivity contribution in [3.63, 3.8) is 0 Å². The minimum Gasteiger partial charge on any atom is -0.481 e. The van der Waals surface area contributed by atoms with Crippen molar-refractivity contribution >= 4 is 37.3 Å². The second kappa shape index (κ2) is 11.2. The quantitative estimate of drug-likeness (QED) is 0.401. The molecule has 3 fully saturated rings. The molecule has 6 rings (SSSR count). The van der Waals surface area contributed by atoms with Crippen molar-refractivity contribution < 1.29 is 17.9 Å². The summed E-state index contributed by atoms with van der Waals surface area (Å²) in [7, 11) is -1.76. The molecule has 6 heterocycles. The van der Waals surface area contributed by atoms with E-state index in [1.54, 1.807) is 17.5 Å². The van der Waals surface area contributed by atoms with E-state index in [1.807, 2.05) is 6.07 Å². The van der Waals surface area contributed by atoms with Gasteiger partial charge in [-0.3, -0.25) is 9.80 Å². The van der Waals surface area contributed by atoms with Crippen LogP contribution < -0.4 is 9.64 Å². The molecule has 3 aliphatic heterocycles. The molecule has 0 bridgehead atoms. The normalized spacial score (nSPS) is 19.9. The fourth-order valence-electron chi connectivity index (χ4n) is 5.66. The number of rotatable bonds is 8. The van der Waals surface area contributed by atoms with E-state index in [-0.39, 0.29) is 5.75 Å². The zero-order valence-corrected chi connectivity index (χ0v) is 24.3. The van der Waals surface area contributed by atoms with Gasteiger partial charge in [0, 0.05) is 75.0 Å². The molecule has 0 N–H and O–H groups in total. The van der Waals surface area contributed by atoms with Crippen molar-refractivity contribution in [2.75, 3.05) is 70.7 Å². The molecule has 0 atom stereocenters. The van der Waals surface area contributed by atoms with Crippen molar-refractivity contribution in [2.24, 2.45) is 0 Å². The van der Waals surface area contributed by atoms with E-state index < -0.39 is 9.84 Å². The molecule has 39 heavy (non-hydrogen) atoms. The Labute approximate surface area is 233 Å². The molecule has 12 heteroatoms. The summed E-state index contributed by atoms with van der Waals surface area (Å²) in [4.78, 5) is 22.0. The predicted octanol–water partition coefficient (Wildman–Crippen LogP) is 2.81. The first-order valence-electron chi connectivity index (χ1n) is 13.7. The van der Waals surface area contributed by atoms with Crippen molar-refractivity contribution in [1.82, 2.24) is 24.8 Å². The molecule has 0 aromatic carbocycles. The highest BCUT2D eigenvalue weighted by atomic mass is 32.2. The first-order valence-corrected chi connectivity index (χ1v) is 16.6. The van der Waals surface area contributed by atoms with Crippen LogP contribution in [-0.2, 0) is 26.9 Å². The van der Waals surface area contributed by atoms with Gasteiger partial charge in [-0.1, -0.05) is 0 Å². The number of piperidine rings is 1. The van der Waals surface area contributed by atoms with Gasteiger partial charge in [-0.2, -0.15) is 0 Å². The molecule has 0 radical (unpaired) electrons. The number of pyridine rings is 1. The largest absolute Gasteiger partial charge is 0.481 e. The summed E-state index contributed by atoms with van der Waals surface area (Å²) in [6.45, 7) is 8.65. The first kappa shape index (κ1) is 26.8. The number of nitrogens with zero attached hydrogens (tertiary/aromatic N) is 6. The molecule has 0 spiro atoms. The zero-order valence-electron chi connectivity index (χ0n) is 22.6.